The number of fused-ring (bicyclic) bond motifs is 2. The van der Waals surface area contributed by atoms with Gasteiger partial charge in [0.05, 0.1) is 5.69 Å². The van der Waals surface area contributed by atoms with Gasteiger partial charge >= 0.3 is 0 Å². The zero-order chi connectivity index (χ0) is 18.5. The van der Waals surface area contributed by atoms with E-state index in [9.17, 15) is 13.2 Å². The molecule has 6 heteroatoms. The lowest BCUT2D eigenvalue weighted by atomic mass is 9.75. The van der Waals surface area contributed by atoms with Crippen LogP contribution < -0.4 is 0 Å². The first-order valence-corrected chi connectivity index (χ1v) is 9.65. The third-order valence-corrected chi connectivity index (χ3v) is 6.66. The predicted octanol–water partition coefficient (Wildman–Crippen LogP) is 3.56. The number of aromatic nitrogens is 1. The van der Waals surface area contributed by atoms with Gasteiger partial charge in [0.15, 0.2) is 11.6 Å². The average Bonchev–Trinajstić information content (AvgIpc) is 3.08. The zero-order valence-electron chi connectivity index (χ0n) is 15.0. The lowest BCUT2D eigenvalue weighted by molar-refractivity contribution is -0.00942. The van der Waals surface area contributed by atoms with Crippen LogP contribution in [0.1, 0.15) is 30.0 Å². The summed E-state index contributed by atoms with van der Waals surface area (Å²) in [5, 5.41) is 0. The molecule has 1 aromatic carbocycles. The summed E-state index contributed by atoms with van der Waals surface area (Å²) in [5.41, 5.74) is 0.870. The zero-order valence-corrected chi connectivity index (χ0v) is 15.0. The molecule has 0 N–H and O–H groups in total. The first-order valence-electron chi connectivity index (χ1n) is 9.65. The van der Waals surface area contributed by atoms with Crippen molar-refractivity contribution in [2.45, 2.75) is 37.4 Å². The van der Waals surface area contributed by atoms with Crippen molar-refractivity contribution in [1.82, 2.24) is 14.8 Å². The maximum absolute atomic E-state index is 14.6. The Balaban J connectivity index is 1.52. The van der Waals surface area contributed by atoms with E-state index in [2.05, 4.69) is 14.8 Å². The van der Waals surface area contributed by atoms with Crippen LogP contribution >= 0.6 is 0 Å². The van der Waals surface area contributed by atoms with Gasteiger partial charge in [-0.15, -0.1) is 0 Å². The molecule has 0 spiro atoms. The Morgan fingerprint density at radius 2 is 1.74 bits per heavy atom. The molecule has 0 radical (unpaired) electrons. The average molecular weight is 373 g/mol. The minimum Gasteiger partial charge on any atom is -0.298 e. The van der Waals surface area contributed by atoms with E-state index in [0.29, 0.717) is 30.3 Å². The summed E-state index contributed by atoms with van der Waals surface area (Å²) in [6, 6.07) is 7.86. The van der Waals surface area contributed by atoms with E-state index in [4.69, 9.17) is 0 Å². The summed E-state index contributed by atoms with van der Waals surface area (Å²) < 4.78 is 42.7. The first-order chi connectivity index (χ1) is 13.1. The Labute approximate surface area is 156 Å². The minimum atomic E-state index is -0.797. The van der Waals surface area contributed by atoms with E-state index in [1.165, 1.54) is 12.1 Å². The van der Waals surface area contributed by atoms with Crippen LogP contribution in [-0.4, -0.2) is 46.5 Å². The highest BCUT2D eigenvalue weighted by molar-refractivity contribution is 5.29. The van der Waals surface area contributed by atoms with Gasteiger partial charge < -0.3 is 0 Å². The second kappa shape index (κ2) is 6.60. The molecule has 0 unspecified atom stereocenters. The standard InChI is InChI=1S/C21H22F3N3/c22-16-5-2-8-25-18(16)12-27-11-15(14-3-1-4-17(23)19(14)24)21-20(27)13-6-9-26(21)10-7-13/h1-5,8,13,15,20-21H,6-7,9-12H2/t15-,20-,21-/m0/s1. The van der Waals surface area contributed by atoms with Gasteiger partial charge in [-0.3, -0.25) is 14.8 Å². The van der Waals surface area contributed by atoms with Crippen LogP contribution in [0.15, 0.2) is 36.5 Å². The van der Waals surface area contributed by atoms with Crippen LogP contribution in [-0.2, 0) is 6.54 Å². The number of likely N-dealkylation sites (tertiary alicyclic amines) is 1. The summed E-state index contributed by atoms with van der Waals surface area (Å²) in [6.45, 7) is 3.01. The van der Waals surface area contributed by atoms with Gasteiger partial charge in [0, 0.05) is 37.3 Å². The molecule has 4 saturated heterocycles. The Kier molecular flexibility index (Phi) is 4.20. The quantitative estimate of drug-likeness (QED) is 0.820. The minimum absolute atomic E-state index is 0.111. The molecule has 3 atom stereocenters. The molecule has 4 aliphatic heterocycles. The normalized spacial score (nSPS) is 32.6. The van der Waals surface area contributed by atoms with Crippen LogP contribution in [0.4, 0.5) is 13.2 Å². The number of pyridine rings is 1. The van der Waals surface area contributed by atoms with Crippen molar-refractivity contribution < 1.29 is 13.2 Å². The van der Waals surface area contributed by atoms with Gasteiger partial charge in [-0.1, -0.05) is 12.1 Å². The lowest BCUT2D eigenvalue weighted by Gasteiger charge is -2.51. The first kappa shape index (κ1) is 17.2. The second-order valence-corrected chi connectivity index (χ2v) is 7.97. The third-order valence-electron chi connectivity index (χ3n) is 6.66. The van der Waals surface area contributed by atoms with Crippen molar-refractivity contribution in [1.29, 1.82) is 0 Å². The summed E-state index contributed by atoms with van der Waals surface area (Å²) >= 11 is 0. The largest absolute Gasteiger partial charge is 0.298 e. The fourth-order valence-electron chi connectivity index (χ4n) is 5.53. The third kappa shape index (κ3) is 2.77. The fraction of sp³-hybridized carbons (Fsp3) is 0.476. The van der Waals surface area contributed by atoms with Crippen molar-refractivity contribution in [2.24, 2.45) is 5.92 Å². The molecule has 0 saturated carbocycles. The molecule has 27 heavy (non-hydrogen) atoms. The monoisotopic (exact) mass is 373 g/mol. The van der Waals surface area contributed by atoms with Gasteiger partial charge in [-0.25, -0.2) is 13.2 Å². The molecular formula is C21H22F3N3. The van der Waals surface area contributed by atoms with Gasteiger partial charge in [0.25, 0.3) is 0 Å². The summed E-state index contributed by atoms with van der Waals surface area (Å²) in [4.78, 5) is 8.88. The van der Waals surface area contributed by atoms with E-state index in [0.717, 1.165) is 25.9 Å². The smallest absolute Gasteiger partial charge is 0.162 e. The van der Waals surface area contributed by atoms with Gasteiger partial charge in [0.1, 0.15) is 5.82 Å². The molecule has 1 aromatic heterocycles. The maximum Gasteiger partial charge on any atom is 0.162 e. The lowest BCUT2D eigenvalue weighted by Crippen LogP contribution is -2.60. The highest BCUT2D eigenvalue weighted by atomic mass is 19.2. The van der Waals surface area contributed by atoms with Crippen LogP contribution in [0.3, 0.4) is 0 Å². The van der Waals surface area contributed by atoms with Crippen molar-refractivity contribution in [3.8, 4) is 0 Å². The van der Waals surface area contributed by atoms with E-state index >= 15 is 0 Å². The van der Waals surface area contributed by atoms with E-state index in [-0.39, 0.29) is 23.8 Å². The fourth-order valence-corrected chi connectivity index (χ4v) is 5.53. The molecule has 3 nitrogen and oxygen atoms in total. The number of rotatable bonds is 3. The number of nitrogens with zero attached hydrogens (tertiary/aromatic N) is 3. The van der Waals surface area contributed by atoms with Gasteiger partial charge in [0.2, 0.25) is 0 Å². The molecule has 0 aliphatic carbocycles. The SMILES string of the molecule is Fc1cccnc1CN1C[C@@H](c2cccc(F)c2F)[C@H]2[C@@H]1C1CCN2CC1. The number of hydrogen-bond donors (Lipinski definition) is 0. The summed E-state index contributed by atoms with van der Waals surface area (Å²) in [6.07, 6.45) is 3.83. The molecule has 5 heterocycles. The molecule has 4 fully saturated rings. The maximum atomic E-state index is 14.6. The summed E-state index contributed by atoms with van der Waals surface area (Å²) in [5.74, 6) is -1.44. The Morgan fingerprint density at radius 1 is 0.963 bits per heavy atom. The van der Waals surface area contributed by atoms with E-state index in [1.807, 2.05) is 0 Å². The molecule has 4 aliphatic rings. The van der Waals surface area contributed by atoms with Gasteiger partial charge in [-0.2, -0.15) is 0 Å². The number of piperidine rings is 3. The molecule has 2 aromatic rings. The van der Waals surface area contributed by atoms with Crippen LogP contribution in [0, 0.1) is 23.4 Å². The van der Waals surface area contributed by atoms with Crippen molar-refractivity contribution in [2.75, 3.05) is 19.6 Å². The topological polar surface area (TPSA) is 19.4 Å². The van der Waals surface area contributed by atoms with E-state index in [1.54, 1.807) is 24.4 Å². The van der Waals surface area contributed by atoms with E-state index < -0.39 is 11.6 Å². The van der Waals surface area contributed by atoms with Gasteiger partial charge in [-0.05, 0) is 55.6 Å². The van der Waals surface area contributed by atoms with Crippen LogP contribution in [0.25, 0.3) is 0 Å². The highest BCUT2D eigenvalue weighted by Crippen LogP contribution is 2.47. The highest BCUT2D eigenvalue weighted by Gasteiger charge is 2.53. The van der Waals surface area contributed by atoms with Crippen molar-refractivity contribution >= 4 is 0 Å². The molecule has 6 rings (SSSR count). The molecular weight excluding hydrogens is 351 g/mol. The number of hydrogen-bond acceptors (Lipinski definition) is 3. The summed E-state index contributed by atoms with van der Waals surface area (Å²) in [7, 11) is 0. The molecule has 0 amide bonds. The van der Waals surface area contributed by atoms with Crippen LogP contribution in [0.2, 0.25) is 0 Å². The van der Waals surface area contributed by atoms with Crippen molar-refractivity contribution in [3.63, 3.8) is 0 Å². The Morgan fingerprint density at radius 3 is 2.52 bits per heavy atom. The predicted molar refractivity (Wildman–Crippen MR) is 95.6 cm³/mol. The molecule has 2 bridgehead atoms. The van der Waals surface area contributed by atoms with Crippen molar-refractivity contribution in [3.05, 3.63) is 65.2 Å². The molecule has 142 valence electrons. The Hall–Kier alpha value is -1.92. The number of halogens is 3. The second-order valence-electron chi connectivity index (χ2n) is 7.97. The Bertz CT molecular complexity index is 850. The van der Waals surface area contributed by atoms with Crippen LogP contribution in [0.5, 0.6) is 0 Å². The number of benzene rings is 1.